The summed E-state index contributed by atoms with van der Waals surface area (Å²) in [6.45, 7) is 10.3. The smallest absolute Gasteiger partial charge is 0.238 e. The van der Waals surface area contributed by atoms with Crippen molar-refractivity contribution >= 4 is 17.5 Å². The van der Waals surface area contributed by atoms with Gasteiger partial charge in [-0.15, -0.1) is 0 Å². The first-order chi connectivity index (χ1) is 15.0. The molecule has 31 heavy (non-hydrogen) atoms. The summed E-state index contributed by atoms with van der Waals surface area (Å²) in [4.78, 5) is 32.0. The zero-order valence-electron chi connectivity index (χ0n) is 19.2. The van der Waals surface area contributed by atoms with E-state index < -0.39 is 0 Å². The van der Waals surface area contributed by atoms with E-state index in [4.69, 9.17) is 0 Å². The number of likely N-dealkylation sites (tertiary alicyclic amines) is 1. The molecule has 1 N–H and O–H groups in total. The molecule has 1 aliphatic carbocycles. The fourth-order valence-electron chi connectivity index (χ4n) is 5.62. The van der Waals surface area contributed by atoms with E-state index in [1.807, 2.05) is 32.0 Å². The molecule has 0 unspecified atom stereocenters. The topological polar surface area (TPSA) is 55.9 Å². The van der Waals surface area contributed by atoms with E-state index in [-0.39, 0.29) is 5.91 Å². The van der Waals surface area contributed by atoms with Crippen molar-refractivity contribution in [3.63, 3.8) is 0 Å². The lowest BCUT2D eigenvalue weighted by atomic mass is 9.75. The van der Waals surface area contributed by atoms with Crippen LogP contribution in [0.3, 0.4) is 0 Å². The maximum Gasteiger partial charge on any atom is 0.238 e. The molecule has 170 valence electrons. The fraction of sp³-hybridized carbons (Fsp3) is 0.680. The van der Waals surface area contributed by atoms with Crippen LogP contribution >= 0.6 is 0 Å². The van der Waals surface area contributed by atoms with Gasteiger partial charge in [0.1, 0.15) is 0 Å². The summed E-state index contributed by atoms with van der Waals surface area (Å²) in [5, 5.41) is 3.08. The SMILES string of the molecule is Cc1cccc(C)c1NC(=O)CN1CCN(CC(=O)N2CC[C@H]3CCCC[C@@H]3C2)CC1. The lowest BCUT2D eigenvalue weighted by molar-refractivity contribution is -0.136. The van der Waals surface area contributed by atoms with Crippen LogP contribution in [0, 0.1) is 25.7 Å². The molecule has 2 atom stereocenters. The molecular formula is C25H38N4O2. The van der Waals surface area contributed by atoms with Gasteiger partial charge in [-0.2, -0.15) is 0 Å². The van der Waals surface area contributed by atoms with Crippen molar-refractivity contribution in [3.8, 4) is 0 Å². The van der Waals surface area contributed by atoms with Crippen LogP contribution in [0.1, 0.15) is 43.2 Å². The molecule has 0 bridgehead atoms. The third kappa shape index (κ3) is 5.66. The van der Waals surface area contributed by atoms with Gasteiger partial charge in [0.25, 0.3) is 0 Å². The van der Waals surface area contributed by atoms with Gasteiger partial charge >= 0.3 is 0 Å². The molecule has 0 radical (unpaired) electrons. The van der Waals surface area contributed by atoms with Gasteiger partial charge in [0.2, 0.25) is 11.8 Å². The summed E-state index contributed by atoms with van der Waals surface area (Å²) in [5.41, 5.74) is 3.11. The number of amides is 2. The van der Waals surface area contributed by atoms with Crippen LogP contribution in [0.25, 0.3) is 0 Å². The molecule has 0 spiro atoms. The minimum Gasteiger partial charge on any atom is -0.341 e. The van der Waals surface area contributed by atoms with Crippen LogP contribution in [0.15, 0.2) is 18.2 Å². The Balaban J connectivity index is 1.19. The molecule has 1 aromatic rings. The van der Waals surface area contributed by atoms with E-state index in [0.717, 1.165) is 67.9 Å². The number of carbonyl (C=O) groups excluding carboxylic acids is 2. The monoisotopic (exact) mass is 426 g/mol. The van der Waals surface area contributed by atoms with E-state index in [0.29, 0.717) is 19.0 Å². The number of fused-ring (bicyclic) bond motifs is 1. The number of piperidine rings is 1. The number of para-hydroxylation sites is 1. The molecule has 2 heterocycles. The number of nitrogens with zero attached hydrogens (tertiary/aromatic N) is 3. The van der Waals surface area contributed by atoms with Gasteiger partial charge in [0.05, 0.1) is 13.1 Å². The molecule has 3 fully saturated rings. The first kappa shape index (κ1) is 22.3. The normalized spacial score (nSPS) is 25.2. The van der Waals surface area contributed by atoms with E-state index in [9.17, 15) is 9.59 Å². The predicted octanol–water partition coefficient (Wildman–Crippen LogP) is 2.90. The molecule has 6 heteroatoms. The second-order valence-corrected chi connectivity index (χ2v) is 9.80. The zero-order chi connectivity index (χ0) is 21.8. The average Bonchev–Trinajstić information content (AvgIpc) is 2.77. The highest BCUT2D eigenvalue weighted by molar-refractivity contribution is 5.93. The van der Waals surface area contributed by atoms with Crippen LogP contribution in [0.5, 0.6) is 0 Å². The number of piperazine rings is 1. The van der Waals surface area contributed by atoms with Crippen molar-refractivity contribution in [2.45, 2.75) is 46.0 Å². The highest BCUT2D eigenvalue weighted by atomic mass is 16.2. The van der Waals surface area contributed by atoms with Crippen molar-refractivity contribution in [1.29, 1.82) is 0 Å². The summed E-state index contributed by atoms with van der Waals surface area (Å²) in [6, 6.07) is 6.06. The molecule has 6 nitrogen and oxygen atoms in total. The number of hydrogen-bond donors (Lipinski definition) is 1. The van der Waals surface area contributed by atoms with Gasteiger partial charge in [0.15, 0.2) is 0 Å². The number of carbonyl (C=O) groups is 2. The number of anilines is 1. The Bertz CT molecular complexity index is 767. The molecule has 0 aromatic heterocycles. The van der Waals surface area contributed by atoms with Gasteiger partial charge in [-0.25, -0.2) is 0 Å². The number of hydrogen-bond acceptors (Lipinski definition) is 4. The Kier molecular flexibility index (Phi) is 7.28. The first-order valence-corrected chi connectivity index (χ1v) is 12.1. The summed E-state index contributed by atoms with van der Waals surface area (Å²) in [7, 11) is 0. The lowest BCUT2D eigenvalue weighted by Crippen LogP contribution is -2.53. The Morgan fingerprint density at radius 2 is 1.48 bits per heavy atom. The second-order valence-electron chi connectivity index (χ2n) is 9.80. The molecule has 2 amide bonds. The minimum atomic E-state index is 0.0391. The van der Waals surface area contributed by atoms with E-state index in [1.54, 1.807) is 0 Å². The van der Waals surface area contributed by atoms with Crippen LogP contribution in [-0.2, 0) is 9.59 Å². The van der Waals surface area contributed by atoms with Gasteiger partial charge < -0.3 is 10.2 Å². The van der Waals surface area contributed by atoms with Gasteiger partial charge in [-0.05, 0) is 49.7 Å². The van der Waals surface area contributed by atoms with Crippen LogP contribution in [-0.4, -0.2) is 78.9 Å². The maximum atomic E-state index is 12.9. The van der Waals surface area contributed by atoms with Gasteiger partial charge in [-0.3, -0.25) is 19.4 Å². The predicted molar refractivity (Wildman–Crippen MR) is 124 cm³/mol. The molecule has 2 aliphatic heterocycles. The van der Waals surface area contributed by atoms with Crippen LogP contribution in [0.4, 0.5) is 5.69 Å². The summed E-state index contributed by atoms with van der Waals surface area (Å²) >= 11 is 0. The lowest BCUT2D eigenvalue weighted by Gasteiger charge is -2.42. The highest BCUT2D eigenvalue weighted by Crippen LogP contribution is 2.36. The highest BCUT2D eigenvalue weighted by Gasteiger charge is 2.33. The van der Waals surface area contributed by atoms with E-state index in [2.05, 4.69) is 20.0 Å². The third-order valence-corrected chi connectivity index (χ3v) is 7.58. The zero-order valence-corrected chi connectivity index (χ0v) is 19.2. The number of nitrogens with one attached hydrogen (secondary N) is 1. The summed E-state index contributed by atoms with van der Waals surface area (Å²) in [6.07, 6.45) is 6.58. The number of aryl methyl sites for hydroxylation is 2. The Morgan fingerprint density at radius 3 is 2.16 bits per heavy atom. The number of benzene rings is 1. The second kappa shape index (κ2) is 10.1. The van der Waals surface area contributed by atoms with Crippen molar-refractivity contribution in [2.24, 2.45) is 11.8 Å². The molecule has 1 saturated carbocycles. The third-order valence-electron chi connectivity index (χ3n) is 7.58. The van der Waals surface area contributed by atoms with Gasteiger partial charge in [-0.1, -0.05) is 37.5 Å². The Morgan fingerprint density at radius 1 is 0.871 bits per heavy atom. The van der Waals surface area contributed by atoms with Crippen molar-refractivity contribution in [2.75, 3.05) is 57.7 Å². The number of rotatable bonds is 5. The van der Waals surface area contributed by atoms with Crippen LogP contribution < -0.4 is 5.32 Å². The molecule has 2 saturated heterocycles. The maximum absolute atomic E-state index is 12.9. The Hall–Kier alpha value is -1.92. The fourth-order valence-corrected chi connectivity index (χ4v) is 5.62. The molecular weight excluding hydrogens is 388 g/mol. The summed E-state index contributed by atoms with van der Waals surface area (Å²) < 4.78 is 0. The minimum absolute atomic E-state index is 0.0391. The van der Waals surface area contributed by atoms with Crippen molar-refractivity contribution in [3.05, 3.63) is 29.3 Å². The van der Waals surface area contributed by atoms with Gasteiger partial charge in [0, 0.05) is 45.0 Å². The van der Waals surface area contributed by atoms with Crippen molar-refractivity contribution in [1.82, 2.24) is 14.7 Å². The van der Waals surface area contributed by atoms with Crippen LogP contribution in [0.2, 0.25) is 0 Å². The average molecular weight is 427 g/mol. The molecule has 1 aromatic carbocycles. The first-order valence-electron chi connectivity index (χ1n) is 12.1. The molecule has 4 rings (SSSR count). The van der Waals surface area contributed by atoms with Crippen molar-refractivity contribution < 1.29 is 9.59 Å². The van der Waals surface area contributed by atoms with E-state index >= 15 is 0 Å². The van der Waals surface area contributed by atoms with E-state index in [1.165, 1.54) is 32.1 Å². The quantitative estimate of drug-likeness (QED) is 0.787. The Labute approximate surface area is 187 Å². The molecule has 3 aliphatic rings. The summed E-state index contributed by atoms with van der Waals surface area (Å²) in [5.74, 6) is 1.93. The standard InChI is InChI=1S/C25H38N4O2/c1-19-6-5-7-20(2)25(19)26-23(30)17-27-12-14-28(15-13-27)18-24(31)29-11-10-21-8-3-4-9-22(21)16-29/h5-7,21-22H,3-4,8-18H2,1-2H3,(H,26,30)/t21-,22-/m1/s1. The largest absolute Gasteiger partial charge is 0.341 e.